The topological polar surface area (TPSA) is 94.2 Å². The molecule has 0 aromatic carbocycles. The monoisotopic (exact) mass is 325 g/mol. The number of aromatic nitrogens is 1. The molecule has 2 N–H and O–H groups in total. The summed E-state index contributed by atoms with van der Waals surface area (Å²) >= 11 is 0. The van der Waals surface area contributed by atoms with Gasteiger partial charge < -0.3 is 19.5 Å². The Morgan fingerprint density at radius 3 is 2.79 bits per heavy atom. The maximum atomic E-state index is 13.1. The van der Waals surface area contributed by atoms with Crippen LogP contribution in [-0.4, -0.2) is 4.57 Å². The third-order valence-corrected chi connectivity index (χ3v) is 4.30. The molecule has 2 aromatic heterocycles. The van der Waals surface area contributed by atoms with Gasteiger partial charge in [-0.05, 0) is 25.0 Å². The molecule has 3 heterocycles. The predicted molar refractivity (Wildman–Crippen MR) is 88.3 cm³/mol. The third kappa shape index (κ3) is 2.48. The second kappa shape index (κ2) is 5.93. The quantitative estimate of drug-likeness (QED) is 0.936. The summed E-state index contributed by atoms with van der Waals surface area (Å²) in [5.74, 6) is 0.853. The number of furan rings is 1. The van der Waals surface area contributed by atoms with E-state index < -0.39 is 0 Å². The van der Waals surface area contributed by atoms with Crippen LogP contribution in [0.25, 0.3) is 0 Å². The van der Waals surface area contributed by atoms with Gasteiger partial charge >= 0.3 is 0 Å². The number of hydrogen-bond acceptors (Lipinski definition) is 5. The normalized spacial score (nSPS) is 16.7. The van der Waals surface area contributed by atoms with Gasteiger partial charge in [-0.3, -0.25) is 4.79 Å². The molecule has 24 heavy (non-hydrogen) atoms. The molecule has 0 amide bonds. The zero-order valence-corrected chi connectivity index (χ0v) is 13.9. The summed E-state index contributed by atoms with van der Waals surface area (Å²) < 4.78 is 12.6. The number of nitriles is 1. The van der Waals surface area contributed by atoms with E-state index in [1.165, 1.54) is 0 Å². The van der Waals surface area contributed by atoms with Crippen LogP contribution in [0.15, 0.2) is 45.1 Å². The molecule has 0 fully saturated rings. The number of hydrogen-bond donors (Lipinski definition) is 1. The van der Waals surface area contributed by atoms with Crippen molar-refractivity contribution in [3.63, 3.8) is 0 Å². The number of fused-ring (bicyclic) bond motifs is 1. The van der Waals surface area contributed by atoms with Crippen LogP contribution in [0, 0.1) is 24.2 Å². The average molecular weight is 325 g/mol. The molecular formula is C18H19N3O3. The van der Waals surface area contributed by atoms with Crippen molar-refractivity contribution in [1.82, 2.24) is 4.57 Å². The fourth-order valence-corrected chi connectivity index (χ4v) is 3.14. The van der Waals surface area contributed by atoms with Crippen LogP contribution < -0.4 is 16.0 Å². The minimum atomic E-state index is -0.380. The molecule has 0 spiro atoms. The molecule has 2 aromatic rings. The van der Waals surface area contributed by atoms with E-state index in [1.807, 2.05) is 26.8 Å². The molecule has 0 radical (unpaired) electrons. The smallest absolute Gasteiger partial charge is 0.258 e. The molecule has 1 aliphatic heterocycles. The highest BCUT2D eigenvalue weighted by Gasteiger charge is 2.35. The fraction of sp³-hybridized carbons (Fsp3) is 0.333. The average Bonchev–Trinajstić information content (AvgIpc) is 3.03. The molecule has 3 rings (SSSR count). The van der Waals surface area contributed by atoms with Crippen molar-refractivity contribution < 1.29 is 9.15 Å². The lowest BCUT2D eigenvalue weighted by Crippen LogP contribution is -2.34. The molecule has 6 heteroatoms. The Hall–Kier alpha value is -2.94. The van der Waals surface area contributed by atoms with E-state index in [0.717, 1.165) is 5.69 Å². The Labute approximate surface area is 139 Å². The zero-order valence-electron chi connectivity index (χ0n) is 13.9. The van der Waals surface area contributed by atoms with Gasteiger partial charge in [0.05, 0.1) is 23.9 Å². The van der Waals surface area contributed by atoms with Crippen LogP contribution >= 0.6 is 0 Å². The first-order valence-electron chi connectivity index (χ1n) is 7.78. The largest absolute Gasteiger partial charge is 0.467 e. The third-order valence-electron chi connectivity index (χ3n) is 4.30. The van der Waals surface area contributed by atoms with Crippen molar-refractivity contribution in [2.45, 2.75) is 33.2 Å². The van der Waals surface area contributed by atoms with Gasteiger partial charge in [0.15, 0.2) is 0 Å². The molecule has 0 aliphatic carbocycles. The number of aryl methyl sites for hydroxylation is 1. The standard InChI is InChI=1S/C18H19N3O3/c1-10(2)15-13(8-19)17(20)24-14-7-11(3)21(18(22)16(14)15)9-12-5-4-6-23-12/h4-7,10,15H,9,20H2,1-3H3/t15-/m0/s1. The number of ether oxygens (including phenoxy) is 1. The van der Waals surface area contributed by atoms with Crippen molar-refractivity contribution >= 4 is 0 Å². The number of allylic oxidation sites excluding steroid dienone is 1. The maximum Gasteiger partial charge on any atom is 0.258 e. The van der Waals surface area contributed by atoms with Crippen LogP contribution in [0.5, 0.6) is 5.75 Å². The first-order valence-corrected chi connectivity index (χ1v) is 7.78. The molecule has 0 saturated heterocycles. The molecule has 1 atom stereocenters. The van der Waals surface area contributed by atoms with Gasteiger partial charge in [0.1, 0.15) is 17.6 Å². The summed E-state index contributed by atoms with van der Waals surface area (Å²) in [4.78, 5) is 13.1. The Bertz CT molecular complexity index is 899. The second-order valence-electron chi connectivity index (χ2n) is 6.25. The number of nitrogens with two attached hydrogens (primary N) is 1. The highest BCUT2D eigenvalue weighted by atomic mass is 16.5. The number of pyridine rings is 1. The highest BCUT2D eigenvalue weighted by Crippen LogP contribution is 2.40. The Morgan fingerprint density at radius 1 is 1.46 bits per heavy atom. The van der Waals surface area contributed by atoms with Crippen LogP contribution in [0.1, 0.15) is 36.8 Å². The molecule has 0 bridgehead atoms. The van der Waals surface area contributed by atoms with E-state index in [0.29, 0.717) is 29.2 Å². The van der Waals surface area contributed by atoms with E-state index in [1.54, 1.807) is 23.0 Å². The van der Waals surface area contributed by atoms with Crippen LogP contribution in [-0.2, 0) is 6.54 Å². The molecule has 6 nitrogen and oxygen atoms in total. The van der Waals surface area contributed by atoms with E-state index in [9.17, 15) is 10.1 Å². The van der Waals surface area contributed by atoms with E-state index in [-0.39, 0.29) is 23.3 Å². The van der Waals surface area contributed by atoms with Crippen molar-refractivity contribution in [2.75, 3.05) is 0 Å². The van der Waals surface area contributed by atoms with Gasteiger partial charge in [-0.2, -0.15) is 5.26 Å². The van der Waals surface area contributed by atoms with Gasteiger partial charge in [-0.25, -0.2) is 0 Å². The van der Waals surface area contributed by atoms with Crippen molar-refractivity contribution in [2.24, 2.45) is 11.7 Å². The van der Waals surface area contributed by atoms with Gasteiger partial charge in [-0.15, -0.1) is 0 Å². The number of rotatable bonds is 3. The lowest BCUT2D eigenvalue weighted by Gasteiger charge is -2.29. The van der Waals surface area contributed by atoms with Crippen LogP contribution in [0.2, 0.25) is 0 Å². The van der Waals surface area contributed by atoms with Gasteiger partial charge in [0.2, 0.25) is 5.88 Å². The summed E-state index contributed by atoms with van der Waals surface area (Å²) in [7, 11) is 0. The predicted octanol–water partition coefficient (Wildman–Crippen LogP) is 2.62. The minimum absolute atomic E-state index is 0.0355. The molecular weight excluding hydrogens is 306 g/mol. The summed E-state index contributed by atoms with van der Waals surface area (Å²) in [6.07, 6.45) is 1.57. The lowest BCUT2D eigenvalue weighted by molar-refractivity contribution is 0.365. The maximum absolute atomic E-state index is 13.1. The van der Waals surface area contributed by atoms with Crippen LogP contribution in [0.4, 0.5) is 0 Å². The minimum Gasteiger partial charge on any atom is -0.467 e. The van der Waals surface area contributed by atoms with Crippen molar-refractivity contribution in [1.29, 1.82) is 5.26 Å². The zero-order chi connectivity index (χ0) is 17.4. The SMILES string of the molecule is Cc1cc2c(c(=O)n1Cc1ccco1)[C@@H](C(C)C)C(C#N)=C(N)O2. The first kappa shape index (κ1) is 15.9. The van der Waals surface area contributed by atoms with Crippen molar-refractivity contribution in [3.8, 4) is 11.8 Å². The summed E-state index contributed by atoms with van der Waals surface area (Å²) in [5, 5.41) is 9.44. The van der Waals surface area contributed by atoms with Crippen molar-refractivity contribution in [3.05, 3.63) is 63.3 Å². The van der Waals surface area contributed by atoms with Gasteiger partial charge in [0, 0.05) is 17.7 Å². The van der Waals surface area contributed by atoms with E-state index >= 15 is 0 Å². The summed E-state index contributed by atoms with van der Waals surface area (Å²) in [6.45, 7) is 6.08. The lowest BCUT2D eigenvalue weighted by atomic mass is 9.81. The Balaban J connectivity index is 2.20. The Kier molecular flexibility index (Phi) is 3.94. The fourth-order valence-electron chi connectivity index (χ4n) is 3.14. The van der Waals surface area contributed by atoms with E-state index in [2.05, 4.69) is 6.07 Å². The number of nitrogens with zero attached hydrogens (tertiary/aromatic N) is 2. The molecule has 0 saturated carbocycles. The van der Waals surface area contributed by atoms with Gasteiger partial charge in [0.25, 0.3) is 5.56 Å². The molecule has 0 unspecified atom stereocenters. The second-order valence-corrected chi connectivity index (χ2v) is 6.25. The van der Waals surface area contributed by atoms with Gasteiger partial charge in [-0.1, -0.05) is 13.8 Å². The Morgan fingerprint density at radius 2 is 2.21 bits per heavy atom. The molecule has 124 valence electrons. The first-order chi connectivity index (χ1) is 11.4. The summed E-state index contributed by atoms with van der Waals surface area (Å²) in [5.41, 5.74) is 7.24. The highest BCUT2D eigenvalue weighted by molar-refractivity contribution is 5.50. The molecule has 1 aliphatic rings. The van der Waals surface area contributed by atoms with E-state index in [4.69, 9.17) is 14.9 Å². The van der Waals surface area contributed by atoms with Crippen LogP contribution in [0.3, 0.4) is 0 Å². The summed E-state index contributed by atoms with van der Waals surface area (Å²) in [6, 6.07) is 7.49.